The van der Waals surface area contributed by atoms with Gasteiger partial charge in [0.25, 0.3) is 10.9 Å². The highest BCUT2D eigenvalue weighted by atomic mass is 16.5. The molecule has 1 heterocycles. The molecule has 0 radical (unpaired) electrons. The van der Waals surface area contributed by atoms with Gasteiger partial charge in [0.05, 0.1) is 19.3 Å². The Labute approximate surface area is 145 Å². The van der Waals surface area contributed by atoms with E-state index in [9.17, 15) is 9.59 Å². The number of anilines is 2. The zero-order valence-corrected chi connectivity index (χ0v) is 13.9. The maximum Gasteiger partial charge on any atom is 0.253 e. The number of benzene rings is 1. The molecule has 0 aliphatic rings. The molecule has 6 heteroatoms. The normalized spacial score (nSPS) is 10.6. The highest BCUT2D eigenvalue weighted by molar-refractivity contribution is 5.73. The van der Waals surface area contributed by atoms with Crippen molar-refractivity contribution in [2.24, 2.45) is 0 Å². The molecule has 0 atom stereocenters. The maximum atomic E-state index is 11.8. The van der Waals surface area contributed by atoms with Gasteiger partial charge in [-0.25, -0.2) is 0 Å². The van der Waals surface area contributed by atoms with Crippen LogP contribution >= 0.6 is 0 Å². The highest BCUT2D eigenvalue weighted by Crippen LogP contribution is 2.16. The average Bonchev–Trinajstić information content (AvgIpc) is 2.67. The summed E-state index contributed by atoms with van der Waals surface area (Å²) in [6.45, 7) is 0.967. The largest absolute Gasteiger partial charge is 0.497 e. The Hall–Kier alpha value is -3.15. The van der Waals surface area contributed by atoms with E-state index in [4.69, 9.17) is 4.74 Å². The first-order valence-electron chi connectivity index (χ1n) is 8.03. The van der Waals surface area contributed by atoms with Gasteiger partial charge in [-0.05, 0) is 36.2 Å². The molecule has 0 unspecified atom stereocenters. The fraction of sp³-hybridized carbons (Fsp3) is 0.211. The molecule has 0 aliphatic carbocycles. The molecule has 0 amide bonds. The molecule has 0 bridgehead atoms. The fourth-order valence-electron chi connectivity index (χ4n) is 2.53. The second kappa shape index (κ2) is 7.61. The van der Waals surface area contributed by atoms with Gasteiger partial charge in [0.1, 0.15) is 17.1 Å². The van der Waals surface area contributed by atoms with Crippen LogP contribution in [0.15, 0.2) is 58.3 Å². The summed E-state index contributed by atoms with van der Waals surface area (Å²) in [5, 5.41) is 6.05. The lowest BCUT2D eigenvalue weighted by Crippen LogP contribution is -2.37. The van der Waals surface area contributed by atoms with Crippen molar-refractivity contribution in [1.82, 2.24) is 4.98 Å². The van der Waals surface area contributed by atoms with Crippen molar-refractivity contribution in [2.45, 2.75) is 13.0 Å². The van der Waals surface area contributed by atoms with Crippen LogP contribution in [0.2, 0.25) is 0 Å². The molecular formula is C19H19N3O3. The summed E-state index contributed by atoms with van der Waals surface area (Å²) in [4.78, 5) is 27.7. The number of aromatic nitrogens is 1. The Morgan fingerprint density at radius 3 is 2.32 bits per heavy atom. The van der Waals surface area contributed by atoms with Crippen LogP contribution in [0.3, 0.4) is 0 Å². The van der Waals surface area contributed by atoms with E-state index in [1.807, 2.05) is 42.5 Å². The summed E-state index contributed by atoms with van der Waals surface area (Å²) < 4.78 is 5.12. The van der Waals surface area contributed by atoms with Crippen LogP contribution in [0.25, 0.3) is 0 Å². The molecule has 128 valence electrons. The number of hydrogen-bond donors (Lipinski definition) is 2. The van der Waals surface area contributed by atoms with Crippen molar-refractivity contribution in [3.8, 4) is 5.75 Å². The third kappa shape index (κ3) is 3.85. The van der Waals surface area contributed by atoms with Crippen molar-refractivity contribution in [1.29, 1.82) is 0 Å². The molecule has 0 spiro atoms. The van der Waals surface area contributed by atoms with Gasteiger partial charge in [0.2, 0.25) is 0 Å². The van der Waals surface area contributed by atoms with E-state index < -0.39 is 10.9 Å². The van der Waals surface area contributed by atoms with Crippen LogP contribution < -0.4 is 26.2 Å². The van der Waals surface area contributed by atoms with Gasteiger partial charge < -0.3 is 15.4 Å². The molecule has 0 saturated heterocycles. The predicted octanol–water partition coefficient (Wildman–Crippen LogP) is 1.95. The Morgan fingerprint density at radius 2 is 1.68 bits per heavy atom. The van der Waals surface area contributed by atoms with E-state index in [1.165, 1.54) is 0 Å². The van der Waals surface area contributed by atoms with Crippen molar-refractivity contribution in [2.75, 3.05) is 24.3 Å². The van der Waals surface area contributed by atoms with Crippen LogP contribution in [0.4, 0.5) is 11.4 Å². The second-order valence-electron chi connectivity index (χ2n) is 5.61. The van der Waals surface area contributed by atoms with Crippen LogP contribution in [0, 0.1) is 0 Å². The molecule has 6 nitrogen and oxygen atoms in total. The third-order valence-corrected chi connectivity index (χ3v) is 3.96. The molecular weight excluding hydrogens is 318 g/mol. The van der Waals surface area contributed by atoms with Crippen LogP contribution in [0.1, 0.15) is 11.3 Å². The minimum atomic E-state index is -0.483. The van der Waals surface area contributed by atoms with Gasteiger partial charge in [-0.1, -0.05) is 18.2 Å². The summed E-state index contributed by atoms with van der Waals surface area (Å²) in [6, 6.07) is 13.3. The minimum Gasteiger partial charge on any atom is -0.497 e. The first-order chi connectivity index (χ1) is 12.2. The van der Waals surface area contributed by atoms with Gasteiger partial charge in [0.15, 0.2) is 0 Å². The molecule has 2 aromatic carbocycles. The summed E-state index contributed by atoms with van der Waals surface area (Å²) in [5.41, 5.74) is 1.66. The van der Waals surface area contributed by atoms with Crippen LogP contribution in [-0.4, -0.2) is 18.6 Å². The van der Waals surface area contributed by atoms with E-state index in [0.29, 0.717) is 24.5 Å². The molecule has 25 heavy (non-hydrogen) atoms. The molecule has 0 fully saturated rings. The lowest BCUT2D eigenvalue weighted by atomic mass is 10.1. The van der Waals surface area contributed by atoms with E-state index in [2.05, 4.69) is 15.6 Å². The molecule has 3 aromatic rings. The van der Waals surface area contributed by atoms with Crippen LogP contribution in [-0.2, 0) is 13.0 Å². The van der Waals surface area contributed by atoms with Gasteiger partial charge in [0, 0.05) is 12.7 Å². The second-order valence-corrected chi connectivity index (χ2v) is 5.61. The minimum absolute atomic E-state index is 0.338. The summed E-state index contributed by atoms with van der Waals surface area (Å²) >= 11 is 0. The maximum absolute atomic E-state index is 11.8. The molecule has 2 N–H and O–H groups in total. The lowest BCUT2D eigenvalue weighted by Gasteiger charge is -2.14. The standard InChI is InChI=1S/C19H19N3O3/c1-25-15-7-5-13(6-8-15)9-11-21-16-17(19(24)18(16)23)22-12-14-4-2-3-10-20-14/h2-8,10,21-22H,9,11-12H2,1H3. The Morgan fingerprint density at radius 1 is 0.960 bits per heavy atom. The monoisotopic (exact) mass is 337 g/mol. The lowest BCUT2D eigenvalue weighted by molar-refractivity contribution is 0.414. The SMILES string of the molecule is COc1ccc(CCNc2c(NCc3ccccn3)c(=O)c2=O)cc1. The average molecular weight is 337 g/mol. The quantitative estimate of drug-likeness (QED) is 0.612. The number of methoxy groups -OCH3 is 1. The summed E-state index contributed by atoms with van der Waals surface area (Å²) in [5.74, 6) is 0.806. The topological polar surface area (TPSA) is 80.3 Å². The van der Waals surface area contributed by atoms with Crippen molar-refractivity contribution in [3.63, 3.8) is 0 Å². The molecule has 1 aromatic heterocycles. The van der Waals surface area contributed by atoms with Gasteiger partial charge in [-0.3, -0.25) is 14.6 Å². The number of pyridine rings is 1. The third-order valence-electron chi connectivity index (χ3n) is 3.96. The van der Waals surface area contributed by atoms with E-state index >= 15 is 0 Å². The van der Waals surface area contributed by atoms with Crippen LogP contribution in [0.5, 0.6) is 5.75 Å². The van der Waals surface area contributed by atoms with Crippen molar-refractivity contribution < 1.29 is 4.74 Å². The zero-order chi connectivity index (χ0) is 17.6. The van der Waals surface area contributed by atoms with Crippen molar-refractivity contribution >= 4 is 11.4 Å². The number of rotatable bonds is 8. The van der Waals surface area contributed by atoms with E-state index in [0.717, 1.165) is 23.4 Å². The Balaban J connectivity index is 1.56. The van der Waals surface area contributed by atoms with E-state index in [1.54, 1.807) is 13.3 Å². The molecule has 0 saturated carbocycles. The van der Waals surface area contributed by atoms with Crippen molar-refractivity contribution in [3.05, 3.63) is 80.4 Å². The van der Waals surface area contributed by atoms with Gasteiger partial charge in [-0.2, -0.15) is 0 Å². The molecule has 0 aliphatic heterocycles. The van der Waals surface area contributed by atoms with Gasteiger partial charge in [-0.15, -0.1) is 0 Å². The number of nitrogens with one attached hydrogen (secondary N) is 2. The number of ether oxygens (including phenoxy) is 1. The smallest absolute Gasteiger partial charge is 0.253 e. The fourth-order valence-corrected chi connectivity index (χ4v) is 2.53. The first-order valence-corrected chi connectivity index (χ1v) is 8.03. The van der Waals surface area contributed by atoms with Gasteiger partial charge >= 0.3 is 0 Å². The summed E-state index contributed by atoms with van der Waals surface area (Å²) in [6.07, 6.45) is 2.43. The summed E-state index contributed by atoms with van der Waals surface area (Å²) in [7, 11) is 1.63. The molecule has 3 rings (SSSR count). The van der Waals surface area contributed by atoms with E-state index in [-0.39, 0.29) is 0 Å². The Bertz CT molecular complexity index is 898. The highest BCUT2D eigenvalue weighted by Gasteiger charge is 2.20. The number of nitrogens with zero attached hydrogens (tertiary/aromatic N) is 1. The predicted molar refractivity (Wildman–Crippen MR) is 98.1 cm³/mol. The number of hydrogen-bond acceptors (Lipinski definition) is 6. The first kappa shape index (κ1) is 16.7. The Kier molecular flexibility index (Phi) is 5.09. The zero-order valence-electron chi connectivity index (χ0n) is 13.9.